The Kier molecular flexibility index (Phi) is 4.67. The van der Waals surface area contributed by atoms with Gasteiger partial charge < -0.3 is 29.6 Å². The third-order valence-corrected chi connectivity index (χ3v) is 4.51. The van der Waals surface area contributed by atoms with Crippen molar-refractivity contribution in [1.29, 1.82) is 0 Å². The van der Waals surface area contributed by atoms with Crippen molar-refractivity contribution in [2.75, 3.05) is 33.3 Å². The molecule has 1 aromatic heterocycles. The number of H-pyrrole nitrogens is 1. The first-order valence-electron chi connectivity index (χ1n) is 12.0. The summed E-state index contributed by atoms with van der Waals surface area (Å²) in [6, 6.07) is 19.3. The number of ether oxygens (including phenoxy) is 3. The van der Waals surface area contributed by atoms with Gasteiger partial charge in [-0.05, 0) is 30.3 Å². The minimum absolute atomic E-state index is 0.0194. The van der Waals surface area contributed by atoms with Gasteiger partial charge in [0.1, 0.15) is 25.0 Å². The molecule has 0 aliphatic heterocycles. The molecule has 6 nitrogen and oxygen atoms in total. The van der Waals surface area contributed by atoms with Gasteiger partial charge in [0, 0.05) is 32.1 Å². The summed E-state index contributed by atoms with van der Waals surface area (Å²) in [5, 5.41) is 14.4. The second-order valence-electron chi connectivity index (χ2n) is 6.45. The van der Waals surface area contributed by atoms with Gasteiger partial charge in [-0.15, -0.1) is 0 Å². The van der Waals surface area contributed by atoms with Gasteiger partial charge >= 0.3 is 0 Å². The lowest BCUT2D eigenvalue weighted by molar-refractivity contribution is 0.106. The Hall–Kier alpha value is -3.22. The highest BCUT2D eigenvalue weighted by Gasteiger charge is 2.11. The third-order valence-electron chi connectivity index (χ3n) is 4.51. The average Bonchev–Trinajstić information content (AvgIpc) is 3.21. The standard InChI is InChI=1S/C24H26N2O4/c1-28-21-10-4-5-11-22(21)29-14-13-25-15-17(27)16-30-23-12-6-9-20-24(23)18-7-2-3-8-19(18)26-20/h2-12,17,25-27H,13-16H2,1H3/i15D2,16D2,17D. The molecule has 6 heteroatoms. The number of aromatic nitrogens is 1. The van der Waals surface area contributed by atoms with E-state index in [1.807, 2.05) is 24.3 Å². The smallest absolute Gasteiger partial charge is 0.161 e. The maximum Gasteiger partial charge on any atom is 0.161 e. The fourth-order valence-corrected chi connectivity index (χ4v) is 3.18. The Morgan fingerprint density at radius 1 is 0.967 bits per heavy atom. The van der Waals surface area contributed by atoms with Crippen molar-refractivity contribution in [3.63, 3.8) is 0 Å². The van der Waals surface area contributed by atoms with E-state index in [2.05, 4.69) is 10.3 Å². The Bertz CT molecular complexity index is 1330. The molecule has 4 aromatic rings. The molecule has 156 valence electrons. The van der Waals surface area contributed by atoms with Crippen LogP contribution in [-0.2, 0) is 0 Å². The molecule has 1 atom stereocenters. The van der Waals surface area contributed by atoms with Crippen LogP contribution in [0.5, 0.6) is 17.2 Å². The molecular weight excluding hydrogens is 380 g/mol. The number of hydrogen-bond donors (Lipinski definition) is 3. The second-order valence-corrected chi connectivity index (χ2v) is 6.45. The molecule has 0 radical (unpaired) electrons. The van der Waals surface area contributed by atoms with Crippen LogP contribution >= 0.6 is 0 Å². The molecule has 1 unspecified atom stereocenters. The molecule has 0 saturated carbocycles. The number of methoxy groups -OCH3 is 1. The van der Waals surface area contributed by atoms with Gasteiger partial charge in [0.25, 0.3) is 0 Å². The van der Waals surface area contributed by atoms with E-state index in [1.54, 1.807) is 36.4 Å². The van der Waals surface area contributed by atoms with E-state index in [9.17, 15) is 5.11 Å². The highest BCUT2D eigenvalue weighted by Crippen LogP contribution is 2.33. The van der Waals surface area contributed by atoms with Gasteiger partial charge in [-0.25, -0.2) is 0 Å². The van der Waals surface area contributed by atoms with E-state index in [4.69, 9.17) is 21.1 Å². The first kappa shape index (κ1) is 14.7. The fraction of sp³-hybridized carbons (Fsp3) is 0.250. The number of hydrogen-bond acceptors (Lipinski definition) is 5. The minimum atomic E-state index is -3.32. The topological polar surface area (TPSA) is 75.7 Å². The lowest BCUT2D eigenvalue weighted by Gasteiger charge is -2.15. The number of aliphatic hydroxyl groups is 1. The predicted octanol–water partition coefficient (Wildman–Crippen LogP) is 3.74. The monoisotopic (exact) mass is 411 g/mol. The summed E-state index contributed by atoms with van der Waals surface area (Å²) in [6.07, 6.45) is -3.32. The molecule has 1 heterocycles. The van der Waals surface area contributed by atoms with Gasteiger partial charge in [-0.1, -0.05) is 36.4 Å². The van der Waals surface area contributed by atoms with Crippen molar-refractivity contribution in [2.45, 2.75) is 6.08 Å². The normalized spacial score (nSPS) is 16.7. The highest BCUT2D eigenvalue weighted by atomic mass is 16.5. The van der Waals surface area contributed by atoms with Gasteiger partial charge in [0.2, 0.25) is 0 Å². The Morgan fingerprint density at radius 3 is 2.57 bits per heavy atom. The zero-order chi connectivity index (χ0) is 25.3. The molecule has 0 bridgehead atoms. The van der Waals surface area contributed by atoms with E-state index < -0.39 is 19.1 Å². The molecule has 0 spiro atoms. The number of fused-ring (bicyclic) bond motifs is 3. The highest BCUT2D eigenvalue weighted by molar-refractivity contribution is 6.10. The van der Waals surface area contributed by atoms with Crippen molar-refractivity contribution in [3.8, 4) is 17.2 Å². The van der Waals surface area contributed by atoms with Crippen LogP contribution in [0.15, 0.2) is 66.7 Å². The maximum absolute atomic E-state index is 10.7. The maximum atomic E-state index is 10.7. The molecule has 0 fully saturated rings. The van der Waals surface area contributed by atoms with Crippen LogP contribution < -0.4 is 19.5 Å². The van der Waals surface area contributed by atoms with Gasteiger partial charge in [-0.2, -0.15) is 0 Å². The van der Waals surface area contributed by atoms with Crippen LogP contribution in [0.2, 0.25) is 0 Å². The summed E-state index contributed by atoms with van der Waals surface area (Å²) >= 11 is 0. The predicted molar refractivity (Wildman–Crippen MR) is 119 cm³/mol. The van der Waals surface area contributed by atoms with Gasteiger partial charge in [0.15, 0.2) is 11.5 Å². The Morgan fingerprint density at radius 2 is 1.70 bits per heavy atom. The van der Waals surface area contributed by atoms with Crippen LogP contribution in [0.1, 0.15) is 6.85 Å². The SMILES string of the molecule is [2H]C([2H])(NCCOc1ccccc1OC)C([2H])(O)C([2H])([2H])Oc1cccc2[nH]c3ccccc3c12. The number of benzene rings is 3. The van der Waals surface area contributed by atoms with Crippen molar-refractivity contribution >= 4 is 21.8 Å². The summed E-state index contributed by atoms with van der Waals surface area (Å²) in [7, 11) is 1.50. The molecular formula is C24H26N2O4. The number of para-hydroxylation sites is 3. The Labute approximate surface area is 182 Å². The van der Waals surface area contributed by atoms with Crippen LogP contribution in [0.3, 0.4) is 0 Å². The molecule has 3 aromatic carbocycles. The fourth-order valence-electron chi connectivity index (χ4n) is 3.18. The third kappa shape index (κ3) is 4.50. The average molecular weight is 412 g/mol. The van der Waals surface area contributed by atoms with Crippen LogP contribution in [0.25, 0.3) is 21.8 Å². The number of aromatic amines is 1. The van der Waals surface area contributed by atoms with Crippen LogP contribution in [0.4, 0.5) is 0 Å². The molecule has 0 saturated heterocycles. The summed E-state index contributed by atoms with van der Waals surface area (Å²) in [6.45, 7) is -6.16. The summed E-state index contributed by atoms with van der Waals surface area (Å²) in [5.74, 6) is 1.03. The van der Waals surface area contributed by atoms with Crippen molar-refractivity contribution in [1.82, 2.24) is 10.3 Å². The van der Waals surface area contributed by atoms with Crippen molar-refractivity contribution in [2.24, 2.45) is 0 Å². The largest absolute Gasteiger partial charge is 0.493 e. The molecule has 30 heavy (non-hydrogen) atoms. The summed E-state index contributed by atoms with van der Waals surface area (Å²) < 4.78 is 57.4. The first-order chi connectivity index (χ1) is 16.6. The van der Waals surface area contributed by atoms with E-state index >= 15 is 0 Å². The van der Waals surface area contributed by atoms with E-state index in [0.29, 0.717) is 22.4 Å². The van der Waals surface area contributed by atoms with Crippen molar-refractivity contribution in [3.05, 3.63) is 66.7 Å². The minimum Gasteiger partial charge on any atom is -0.493 e. The lowest BCUT2D eigenvalue weighted by atomic mass is 10.1. The Balaban J connectivity index is 1.49. The molecule has 0 amide bonds. The van der Waals surface area contributed by atoms with Gasteiger partial charge in [0.05, 0.1) is 16.7 Å². The molecule has 4 rings (SSSR count). The van der Waals surface area contributed by atoms with E-state index in [1.165, 1.54) is 13.2 Å². The summed E-state index contributed by atoms with van der Waals surface area (Å²) in [5.41, 5.74) is 1.50. The molecule has 3 N–H and O–H groups in total. The lowest BCUT2D eigenvalue weighted by Crippen LogP contribution is -2.33. The zero-order valence-corrected chi connectivity index (χ0v) is 16.4. The number of rotatable bonds is 10. The second kappa shape index (κ2) is 9.52. The van der Waals surface area contributed by atoms with Gasteiger partial charge in [-0.3, -0.25) is 0 Å². The molecule has 0 aliphatic rings. The first-order valence-corrected chi connectivity index (χ1v) is 9.49. The van der Waals surface area contributed by atoms with Crippen LogP contribution in [-0.4, -0.2) is 49.5 Å². The van der Waals surface area contributed by atoms with E-state index in [0.717, 1.165) is 10.9 Å². The number of nitrogens with one attached hydrogen (secondary N) is 2. The molecule has 0 aliphatic carbocycles. The van der Waals surface area contributed by atoms with E-state index in [-0.39, 0.29) is 18.9 Å². The van der Waals surface area contributed by atoms with Crippen LogP contribution in [0, 0.1) is 0 Å². The zero-order valence-electron chi connectivity index (χ0n) is 21.4. The quantitative estimate of drug-likeness (QED) is 0.347. The summed E-state index contributed by atoms with van der Waals surface area (Å²) in [4.78, 5) is 3.21. The van der Waals surface area contributed by atoms with Crippen molar-refractivity contribution < 1.29 is 26.2 Å².